The molecule has 188 valence electrons. The van der Waals surface area contributed by atoms with E-state index in [0.717, 1.165) is 6.08 Å². The van der Waals surface area contributed by atoms with Crippen molar-refractivity contribution in [1.29, 1.82) is 0 Å². The van der Waals surface area contributed by atoms with E-state index in [1.807, 2.05) is 0 Å². The number of ether oxygens (including phenoxy) is 1. The van der Waals surface area contributed by atoms with Crippen LogP contribution in [0.2, 0.25) is 0 Å². The van der Waals surface area contributed by atoms with Crippen LogP contribution in [0, 0.1) is 13.8 Å². The Hall–Kier alpha value is -4.41. The van der Waals surface area contributed by atoms with Crippen molar-refractivity contribution in [3.63, 3.8) is 0 Å². The third kappa shape index (κ3) is 3.72. The summed E-state index contributed by atoms with van der Waals surface area (Å²) in [6, 6.07) is 1.57. The molecule has 11 nitrogen and oxygen atoms in total. The molecule has 0 spiro atoms. The number of rotatable bonds is 6. The molecule has 0 radical (unpaired) electrons. The van der Waals surface area contributed by atoms with Gasteiger partial charge in [0.05, 0.1) is 16.8 Å². The molecule has 1 amide bonds. The normalized spacial score (nSPS) is 19.8. The number of amides is 1. The molecule has 1 atom stereocenters. The molecule has 4 rings (SSSR count). The van der Waals surface area contributed by atoms with Crippen LogP contribution in [0.15, 0.2) is 33.7 Å². The third-order valence-corrected chi connectivity index (χ3v) is 6.39. The summed E-state index contributed by atoms with van der Waals surface area (Å²) in [5, 5.41) is 30.4. The average molecular weight is 495 g/mol. The second-order valence-electron chi connectivity index (χ2n) is 8.94. The van der Waals surface area contributed by atoms with Crippen LogP contribution in [0.5, 0.6) is 17.2 Å². The van der Waals surface area contributed by atoms with Crippen LogP contribution in [0.1, 0.15) is 54.4 Å². The number of benzene rings is 1. The predicted molar refractivity (Wildman–Crippen MR) is 126 cm³/mol. The average Bonchev–Trinajstić information content (AvgIpc) is 3.32. The molecule has 1 aliphatic carbocycles. The number of phenolic OH excluding ortho intramolecular Hbond substituents is 2. The molecule has 0 saturated heterocycles. The number of carbonyl (C=O) groups excluding carboxylic acids is 4. The first kappa shape index (κ1) is 24.7. The van der Waals surface area contributed by atoms with Gasteiger partial charge in [0.2, 0.25) is 11.8 Å². The first-order valence-corrected chi connectivity index (χ1v) is 11.1. The first-order valence-electron chi connectivity index (χ1n) is 11.1. The van der Waals surface area contributed by atoms with Gasteiger partial charge in [-0.1, -0.05) is 5.16 Å². The molecule has 11 heteroatoms. The lowest BCUT2D eigenvalue weighted by molar-refractivity contribution is -0.123. The summed E-state index contributed by atoms with van der Waals surface area (Å²) < 4.78 is 10.7. The molecule has 1 aliphatic heterocycles. The third-order valence-electron chi connectivity index (χ3n) is 6.39. The van der Waals surface area contributed by atoms with E-state index in [2.05, 4.69) is 15.8 Å². The van der Waals surface area contributed by atoms with Crippen LogP contribution >= 0.6 is 0 Å². The van der Waals surface area contributed by atoms with Crippen LogP contribution in [0.3, 0.4) is 0 Å². The molecule has 2 aromatic rings. The lowest BCUT2D eigenvalue weighted by Gasteiger charge is -2.29. The Morgan fingerprint density at radius 3 is 2.44 bits per heavy atom. The number of nitrogens with one attached hydrogen (secondary N) is 2. The van der Waals surface area contributed by atoms with Crippen molar-refractivity contribution in [2.24, 2.45) is 0 Å². The van der Waals surface area contributed by atoms with Gasteiger partial charge in [0.15, 0.2) is 17.3 Å². The van der Waals surface area contributed by atoms with Crippen LogP contribution in [-0.4, -0.2) is 45.2 Å². The van der Waals surface area contributed by atoms with Crippen LogP contribution in [-0.2, 0) is 19.8 Å². The highest BCUT2D eigenvalue weighted by Gasteiger charge is 2.56. The quantitative estimate of drug-likeness (QED) is 0.265. The molecule has 0 fully saturated rings. The van der Waals surface area contributed by atoms with E-state index in [9.17, 15) is 29.4 Å². The fourth-order valence-electron chi connectivity index (χ4n) is 4.44. The van der Waals surface area contributed by atoms with Crippen LogP contribution < -0.4 is 15.4 Å². The fourth-order valence-corrected chi connectivity index (χ4v) is 4.44. The maximum absolute atomic E-state index is 13.7. The van der Waals surface area contributed by atoms with E-state index in [1.165, 1.54) is 27.7 Å². The van der Waals surface area contributed by atoms with Crippen molar-refractivity contribution in [2.45, 2.75) is 46.5 Å². The fraction of sp³-hybridized carbons (Fsp3) is 0.320. The van der Waals surface area contributed by atoms with Crippen molar-refractivity contribution in [3.8, 4) is 17.2 Å². The Labute approximate surface area is 205 Å². The molecule has 0 bridgehead atoms. The van der Waals surface area contributed by atoms with Crippen LogP contribution in [0.25, 0.3) is 0 Å². The number of ketones is 3. The molecular weight excluding hydrogens is 470 g/mol. The molecule has 0 unspecified atom stereocenters. The van der Waals surface area contributed by atoms with Gasteiger partial charge in [-0.25, -0.2) is 0 Å². The summed E-state index contributed by atoms with van der Waals surface area (Å²) in [6.45, 7) is 7.48. The van der Waals surface area contributed by atoms with E-state index < -0.39 is 34.3 Å². The number of aryl methyl sites for hydroxylation is 1. The molecule has 0 saturated carbocycles. The number of nitrogens with zero attached hydrogens (tertiary/aromatic N) is 1. The summed E-state index contributed by atoms with van der Waals surface area (Å²) >= 11 is 0. The number of aromatic hydroxyl groups is 2. The number of Topliss-reactive ketones (excluding diaryl/α,β-unsaturated/α-hetero) is 2. The molecule has 2 heterocycles. The topological polar surface area (TPSA) is 168 Å². The summed E-state index contributed by atoms with van der Waals surface area (Å²) in [7, 11) is 0. The van der Waals surface area contributed by atoms with Crippen molar-refractivity contribution in [1.82, 2.24) is 10.5 Å². The molecular formula is C25H25N3O8. The predicted octanol–water partition coefficient (Wildman–Crippen LogP) is 2.48. The summed E-state index contributed by atoms with van der Waals surface area (Å²) in [5.74, 6) is -3.00. The number of hydrogen-bond acceptors (Lipinski definition) is 10. The summed E-state index contributed by atoms with van der Waals surface area (Å²) in [5.41, 5.74) is -1.06. The Bertz CT molecular complexity index is 1410. The molecule has 4 N–H and O–H groups in total. The second kappa shape index (κ2) is 8.67. The number of phenols is 2. The minimum absolute atomic E-state index is 0.0122. The highest BCUT2D eigenvalue weighted by Crippen LogP contribution is 2.57. The van der Waals surface area contributed by atoms with Gasteiger partial charge in [-0.2, -0.15) is 0 Å². The van der Waals surface area contributed by atoms with Crippen molar-refractivity contribution in [2.75, 3.05) is 11.9 Å². The largest absolute Gasteiger partial charge is 0.507 e. The lowest BCUT2D eigenvalue weighted by Crippen LogP contribution is -2.41. The smallest absolute Gasteiger partial charge is 0.231 e. The lowest BCUT2D eigenvalue weighted by atomic mass is 9.70. The first-order chi connectivity index (χ1) is 16.9. The molecule has 1 aromatic heterocycles. The second-order valence-corrected chi connectivity index (χ2v) is 8.94. The molecule has 1 aromatic carbocycles. The van der Waals surface area contributed by atoms with Gasteiger partial charge in [-0.15, -0.1) is 0 Å². The van der Waals surface area contributed by atoms with Crippen molar-refractivity contribution in [3.05, 3.63) is 51.6 Å². The van der Waals surface area contributed by atoms with E-state index in [1.54, 1.807) is 13.0 Å². The van der Waals surface area contributed by atoms with E-state index in [-0.39, 0.29) is 64.2 Å². The zero-order valence-corrected chi connectivity index (χ0v) is 20.4. The SMILES string of the molecule is CC(=O)c1c(O)c(C)c(O)c2c1OC1=CC(=O)/C(=C(/C)NCCC(=O)Nc3cc(C)no3)C(=O)[C@]12C. The minimum Gasteiger partial charge on any atom is -0.507 e. The minimum atomic E-state index is -1.60. The monoisotopic (exact) mass is 495 g/mol. The number of carbonyl (C=O) groups is 4. The zero-order chi connectivity index (χ0) is 26.5. The van der Waals surface area contributed by atoms with Gasteiger partial charge in [-0.05, 0) is 34.6 Å². The maximum Gasteiger partial charge on any atom is 0.231 e. The maximum atomic E-state index is 13.7. The Balaban J connectivity index is 1.63. The Morgan fingerprint density at radius 2 is 1.83 bits per heavy atom. The van der Waals surface area contributed by atoms with Gasteiger partial charge in [0.1, 0.15) is 34.0 Å². The zero-order valence-electron chi connectivity index (χ0n) is 20.4. The standard InChI is InChI=1S/C25H25N3O8/c1-10-8-17(36-28-10)27-16(31)6-7-26-12(3)18-14(30)9-15-25(5,24(18)34)20-22(33)11(2)21(32)19(13(4)29)23(20)35-15/h8-9,26,32-33H,6-7H2,1-5H3,(H,27,31)/b18-12+/t25-/m1/s1. The van der Waals surface area contributed by atoms with E-state index in [4.69, 9.17) is 9.26 Å². The molecule has 36 heavy (non-hydrogen) atoms. The highest BCUT2D eigenvalue weighted by atomic mass is 16.5. The number of allylic oxidation sites excluding steroid dienone is 4. The van der Waals surface area contributed by atoms with Gasteiger partial charge in [0.25, 0.3) is 0 Å². The van der Waals surface area contributed by atoms with Gasteiger partial charge in [-0.3, -0.25) is 24.5 Å². The van der Waals surface area contributed by atoms with Gasteiger partial charge in [0, 0.05) is 36.4 Å². The summed E-state index contributed by atoms with van der Waals surface area (Å²) in [4.78, 5) is 51.0. The number of hydrogen-bond donors (Lipinski definition) is 4. The highest BCUT2D eigenvalue weighted by molar-refractivity contribution is 6.31. The Kier molecular flexibility index (Phi) is 5.95. The summed E-state index contributed by atoms with van der Waals surface area (Å²) in [6.07, 6.45) is 1.15. The number of aromatic nitrogens is 1. The van der Waals surface area contributed by atoms with Crippen molar-refractivity contribution >= 4 is 29.1 Å². The van der Waals surface area contributed by atoms with E-state index >= 15 is 0 Å². The Morgan fingerprint density at radius 1 is 1.14 bits per heavy atom. The van der Waals surface area contributed by atoms with Crippen molar-refractivity contribution < 1.29 is 38.7 Å². The number of anilines is 1. The molecule has 2 aliphatic rings. The van der Waals surface area contributed by atoms with Crippen LogP contribution in [0.4, 0.5) is 5.88 Å². The number of fused-ring (bicyclic) bond motifs is 3. The van der Waals surface area contributed by atoms with Gasteiger partial charge < -0.3 is 24.8 Å². The van der Waals surface area contributed by atoms with Gasteiger partial charge >= 0.3 is 0 Å². The van der Waals surface area contributed by atoms with E-state index in [0.29, 0.717) is 5.69 Å².